The number of aromatic nitrogens is 1. The molecular weight excluding hydrogens is 276 g/mol. The van der Waals surface area contributed by atoms with Crippen LogP contribution >= 0.6 is 11.3 Å². The molecule has 1 fully saturated rings. The number of aliphatic carboxylic acids is 1. The van der Waals surface area contributed by atoms with E-state index in [9.17, 15) is 9.59 Å². The highest BCUT2D eigenvalue weighted by atomic mass is 32.1. The number of carbonyl (C=O) groups is 2. The van der Waals surface area contributed by atoms with Crippen molar-refractivity contribution >= 4 is 33.4 Å². The molecule has 1 saturated heterocycles. The molecule has 5 nitrogen and oxygen atoms in total. The van der Waals surface area contributed by atoms with Crippen molar-refractivity contribution in [1.29, 1.82) is 0 Å². The van der Waals surface area contributed by atoms with E-state index in [1.54, 1.807) is 16.2 Å². The van der Waals surface area contributed by atoms with Crippen LogP contribution in [0, 0.1) is 5.92 Å². The van der Waals surface area contributed by atoms with Crippen LogP contribution in [0.25, 0.3) is 10.2 Å². The molecule has 2 aromatic rings. The second-order valence-electron chi connectivity index (χ2n) is 4.90. The Bertz CT molecular complexity index is 634. The number of carboxylic acid groups (broad SMARTS) is 1. The van der Waals surface area contributed by atoms with Gasteiger partial charge in [0.25, 0.3) is 0 Å². The van der Waals surface area contributed by atoms with Gasteiger partial charge in [0, 0.05) is 25.9 Å². The minimum absolute atomic E-state index is 0.0708. The fourth-order valence-corrected chi connectivity index (χ4v) is 3.37. The Morgan fingerprint density at radius 2 is 2.25 bits per heavy atom. The van der Waals surface area contributed by atoms with Gasteiger partial charge in [0.2, 0.25) is 5.91 Å². The summed E-state index contributed by atoms with van der Waals surface area (Å²) in [5.74, 6) is -1.52. The van der Waals surface area contributed by atoms with Crippen molar-refractivity contribution in [1.82, 2.24) is 9.88 Å². The average Bonchev–Trinajstić information content (AvgIpc) is 2.99. The van der Waals surface area contributed by atoms with E-state index in [4.69, 9.17) is 5.11 Å². The van der Waals surface area contributed by atoms with E-state index in [0.717, 1.165) is 15.2 Å². The van der Waals surface area contributed by atoms with Gasteiger partial charge in [-0.1, -0.05) is 12.1 Å². The molecule has 0 aliphatic carbocycles. The second-order valence-corrected chi connectivity index (χ2v) is 6.02. The molecule has 0 spiro atoms. The van der Waals surface area contributed by atoms with Crippen LogP contribution in [-0.2, 0) is 16.0 Å². The minimum atomic E-state index is -0.888. The van der Waals surface area contributed by atoms with E-state index in [-0.39, 0.29) is 12.3 Å². The summed E-state index contributed by atoms with van der Waals surface area (Å²) in [4.78, 5) is 28.8. The van der Waals surface area contributed by atoms with Gasteiger partial charge in [-0.05, 0) is 12.1 Å². The van der Waals surface area contributed by atoms with Crippen LogP contribution < -0.4 is 0 Å². The average molecular weight is 290 g/mol. The van der Waals surface area contributed by atoms with E-state index >= 15 is 0 Å². The Hall–Kier alpha value is -1.95. The molecule has 1 atom stereocenters. The van der Waals surface area contributed by atoms with Crippen molar-refractivity contribution in [2.45, 2.75) is 12.8 Å². The number of hydrogen-bond acceptors (Lipinski definition) is 4. The van der Waals surface area contributed by atoms with Crippen LogP contribution in [0.2, 0.25) is 0 Å². The lowest BCUT2D eigenvalue weighted by atomic mass is 10.1. The van der Waals surface area contributed by atoms with Crippen molar-refractivity contribution in [2.75, 3.05) is 13.1 Å². The maximum Gasteiger partial charge on any atom is 0.308 e. The van der Waals surface area contributed by atoms with Gasteiger partial charge >= 0.3 is 5.97 Å². The topological polar surface area (TPSA) is 70.5 Å². The molecule has 3 rings (SSSR count). The molecule has 0 radical (unpaired) electrons. The maximum absolute atomic E-state index is 11.7. The number of thiazole rings is 1. The maximum atomic E-state index is 11.7. The third-order valence-corrected chi connectivity index (χ3v) is 4.59. The van der Waals surface area contributed by atoms with Crippen LogP contribution in [0.1, 0.15) is 11.4 Å². The van der Waals surface area contributed by atoms with Crippen LogP contribution in [0.15, 0.2) is 24.3 Å². The normalized spacial score (nSPS) is 18.9. The van der Waals surface area contributed by atoms with Crippen molar-refractivity contribution in [3.8, 4) is 0 Å². The minimum Gasteiger partial charge on any atom is -0.481 e. The molecule has 0 bridgehead atoms. The molecule has 6 heteroatoms. The van der Waals surface area contributed by atoms with Gasteiger partial charge in [-0.15, -0.1) is 11.3 Å². The highest BCUT2D eigenvalue weighted by Crippen LogP contribution is 2.23. The molecule has 104 valence electrons. The van der Waals surface area contributed by atoms with E-state index in [1.165, 1.54) is 0 Å². The van der Waals surface area contributed by atoms with Gasteiger partial charge < -0.3 is 10.0 Å². The lowest BCUT2D eigenvalue weighted by Gasteiger charge is -2.14. The number of rotatable bonds is 4. The second kappa shape index (κ2) is 5.20. The van der Waals surface area contributed by atoms with Crippen molar-refractivity contribution in [3.05, 3.63) is 29.3 Å². The molecule has 1 unspecified atom stereocenters. The summed E-state index contributed by atoms with van der Waals surface area (Å²) in [6, 6.07) is 7.92. The van der Waals surface area contributed by atoms with Crippen molar-refractivity contribution in [3.63, 3.8) is 0 Å². The first kappa shape index (κ1) is 13.1. The predicted molar refractivity (Wildman–Crippen MR) is 75.6 cm³/mol. The first-order chi connectivity index (χ1) is 9.63. The SMILES string of the molecule is O=C(O)C1CC(=O)N(CCc2nc3ccccc3s2)C1. The summed E-state index contributed by atoms with van der Waals surface area (Å²) in [5, 5.41) is 9.92. The van der Waals surface area contributed by atoms with E-state index in [2.05, 4.69) is 4.98 Å². The molecule has 0 saturated carbocycles. The Balaban J connectivity index is 1.64. The molecule has 2 heterocycles. The number of nitrogens with zero attached hydrogens (tertiary/aromatic N) is 2. The number of fused-ring (bicyclic) bond motifs is 1. The molecule has 1 aromatic heterocycles. The zero-order valence-electron chi connectivity index (χ0n) is 10.8. The number of para-hydroxylation sites is 1. The Labute approximate surface area is 119 Å². The Morgan fingerprint density at radius 3 is 2.95 bits per heavy atom. The number of benzene rings is 1. The fraction of sp³-hybridized carbons (Fsp3) is 0.357. The third-order valence-electron chi connectivity index (χ3n) is 3.50. The Kier molecular flexibility index (Phi) is 3.40. The molecule has 1 amide bonds. The van der Waals surface area contributed by atoms with Gasteiger partial charge in [-0.3, -0.25) is 9.59 Å². The van der Waals surface area contributed by atoms with Gasteiger partial charge in [0.05, 0.1) is 21.1 Å². The molecule has 1 aromatic carbocycles. The summed E-state index contributed by atoms with van der Waals surface area (Å²) >= 11 is 1.62. The lowest BCUT2D eigenvalue weighted by molar-refractivity contribution is -0.141. The van der Waals surface area contributed by atoms with Crippen LogP contribution in [0.5, 0.6) is 0 Å². The van der Waals surface area contributed by atoms with Gasteiger partial charge in [0.1, 0.15) is 0 Å². The monoisotopic (exact) mass is 290 g/mol. The predicted octanol–water partition coefficient (Wildman–Crippen LogP) is 1.77. The zero-order chi connectivity index (χ0) is 14.1. The van der Waals surface area contributed by atoms with Crippen molar-refractivity contribution in [2.24, 2.45) is 5.92 Å². The summed E-state index contributed by atoms with van der Waals surface area (Å²) in [6.45, 7) is 0.863. The smallest absolute Gasteiger partial charge is 0.308 e. The van der Waals surface area contributed by atoms with Crippen LogP contribution in [0.4, 0.5) is 0 Å². The van der Waals surface area contributed by atoms with E-state index in [1.807, 2.05) is 24.3 Å². The first-order valence-electron chi connectivity index (χ1n) is 6.48. The van der Waals surface area contributed by atoms with Gasteiger partial charge in [-0.25, -0.2) is 4.98 Å². The highest BCUT2D eigenvalue weighted by molar-refractivity contribution is 7.18. The number of hydrogen-bond donors (Lipinski definition) is 1. The number of likely N-dealkylation sites (tertiary alicyclic amines) is 1. The molecule has 1 aliphatic heterocycles. The fourth-order valence-electron chi connectivity index (χ4n) is 2.41. The quantitative estimate of drug-likeness (QED) is 0.931. The summed E-state index contributed by atoms with van der Waals surface area (Å²) in [5.41, 5.74) is 0.976. The standard InChI is InChI=1S/C14H14N2O3S/c17-13-7-9(14(18)19)8-16(13)6-5-12-15-10-3-1-2-4-11(10)20-12/h1-4,9H,5-8H2,(H,18,19). The third kappa shape index (κ3) is 2.51. The summed E-state index contributed by atoms with van der Waals surface area (Å²) in [7, 11) is 0. The largest absolute Gasteiger partial charge is 0.481 e. The number of amides is 1. The summed E-state index contributed by atoms with van der Waals surface area (Å²) in [6.07, 6.45) is 0.798. The molecule has 1 N–H and O–H groups in total. The summed E-state index contributed by atoms with van der Waals surface area (Å²) < 4.78 is 1.14. The first-order valence-corrected chi connectivity index (χ1v) is 7.30. The lowest BCUT2D eigenvalue weighted by Crippen LogP contribution is -2.28. The number of carboxylic acids is 1. The van der Waals surface area contributed by atoms with Crippen LogP contribution in [-0.4, -0.2) is 40.0 Å². The van der Waals surface area contributed by atoms with Gasteiger partial charge in [0.15, 0.2) is 0 Å². The van der Waals surface area contributed by atoms with E-state index < -0.39 is 11.9 Å². The Morgan fingerprint density at radius 1 is 1.45 bits per heavy atom. The highest BCUT2D eigenvalue weighted by Gasteiger charge is 2.33. The number of carbonyl (C=O) groups excluding carboxylic acids is 1. The zero-order valence-corrected chi connectivity index (χ0v) is 11.6. The van der Waals surface area contributed by atoms with Crippen LogP contribution in [0.3, 0.4) is 0 Å². The van der Waals surface area contributed by atoms with Crippen molar-refractivity contribution < 1.29 is 14.7 Å². The molecular formula is C14H14N2O3S. The van der Waals surface area contributed by atoms with Gasteiger partial charge in [-0.2, -0.15) is 0 Å². The molecule has 1 aliphatic rings. The van der Waals surface area contributed by atoms with E-state index in [0.29, 0.717) is 19.5 Å². The molecule has 20 heavy (non-hydrogen) atoms.